The molecule has 6 aromatic heterocycles. The number of nitriles is 3. The van der Waals surface area contributed by atoms with Crippen LogP contribution in [0.5, 0.6) is 0 Å². The molecule has 17 heteroatoms. The highest BCUT2D eigenvalue weighted by Gasteiger charge is 2.20. The number of pyridine rings is 2. The van der Waals surface area contributed by atoms with Crippen LogP contribution in [0.2, 0.25) is 0 Å². The van der Waals surface area contributed by atoms with Gasteiger partial charge in [-0.05, 0) is 55.5 Å². The van der Waals surface area contributed by atoms with E-state index in [1.54, 1.807) is 53.3 Å². The number of nitrogens with zero attached hydrogens (tertiary/aromatic N) is 9. The van der Waals surface area contributed by atoms with E-state index >= 15 is 0 Å². The first-order valence-corrected chi connectivity index (χ1v) is 14.0. The molecule has 6 heterocycles. The van der Waals surface area contributed by atoms with Crippen LogP contribution in [0.3, 0.4) is 0 Å². The maximum Gasteiger partial charge on any atom is 0.492 e. The Hall–Kier alpha value is -6.28. The van der Waals surface area contributed by atoms with Gasteiger partial charge in [0.15, 0.2) is 0 Å². The van der Waals surface area contributed by atoms with Crippen LogP contribution in [-0.2, 0) is 0 Å². The van der Waals surface area contributed by atoms with Gasteiger partial charge in [-0.3, -0.25) is 9.97 Å². The predicted molar refractivity (Wildman–Crippen MR) is 174 cm³/mol. The summed E-state index contributed by atoms with van der Waals surface area (Å²) >= 11 is 0. The van der Waals surface area contributed by atoms with Crippen molar-refractivity contribution in [2.75, 3.05) is 17.7 Å². The standard InChI is InChI=1S/C16H13BN6O2.C14H12BN5O2/c1-10(6-18)22-14-5-15(20-9-13(14)17(24)25)16-3-2-12-4-11(7-19)8-21-23(12)16;1-17-12-5-13(18-8-11(12)15(21)22)14-3-2-10-4-9(6-16)7-19-20(10)14/h2-5,8-10,24-25H,1H3,(H,20,22);2-5,7-8,21-22H,1H3,(H,17,18)/t10-;/m1./s1. The van der Waals surface area contributed by atoms with Crippen LogP contribution < -0.4 is 21.6 Å². The zero-order chi connectivity index (χ0) is 33.7. The first-order valence-electron chi connectivity index (χ1n) is 14.0. The Labute approximate surface area is 268 Å². The minimum atomic E-state index is -1.71. The van der Waals surface area contributed by atoms with E-state index in [0.29, 0.717) is 45.0 Å². The van der Waals surface area contributed by atoms with E-state index in [4.69, 9.17) is 15.8 Å². The molecule has 6 N–H and O–H groups in total. The van der Waals surface area contributed by atoms with Gasteiger partial charge in [0.05, 0.1) is 63.4 Å². The van der Waals surface area contributed by atoms with Gasteiger partial charge < -0.3 is 30.7 Å². The number of hydrogen-bond acceptors (Lipinski definition) is 13. The molecule has 0 saturated heterocycles. The molecule has 0 unspecified atom stereocenters. The van der Waals surface area contributed by atoms with E-state index in [0.717, 1.165) is 16.7 Å². The van der Waals surface area contributed by atoms with Crippen LogP contribution in [0.1, 0.15) is 18.1 Å². The van der Waals surface area contributed by atoms with Gasteiger partial charge in [-0.15, -0.1) is 0 Å². The summed E-state index contributed by atoms with van der Waals surface area (Å²) in [4.78, 5) is 8.52. The van der Waals surface area contributed by atoms with Crippen LogP contribution in [0.15, 0.2) is 73.3 Å². The van der Waals surface area contributed by atoms with Gasteiger partial charge in [0, 0.05) is 41.7 Å². The van der Waals surface area contributed by atoms with Gasteiger partial charge >= 0.3 is 14.2 Å². The fourth-order valence-electron chi connectivity index (χ4n) is 4.74. The third-order valence-corrected chi connectivity index (χ3v) is 7.04. The average molecular weight is 625 g/mol. The molecule has 6 rings (SSSR count). The van der Waals surface area contributed by atoms with Crippen molar-refractivity contribution in [2.45, 2.75) is 13.0 Å². The molecule has 0 saturated carbocycles. The summed E-state index contributed by atoms with van der Waals surface area (Å²) in [6.07, 6.45) is 5.70. The normalized spacial score (nSPS) is 11.0. The van der Waals surface area contributed by atoms with Crippen molar-refractivity contribution in [3.63, 3.8) is 0 Å². The van der Waals surface area contributed by atoms with E-state index in [-0.39, 0.29) is 5.46 Å². The molecule has 0 amide bonds. The molecule has 230 valence electrons. The third kappa shape index (κ3) is 6.72. The summed E-state index contributed by atoms with van der Waals surface area (Å²) in [5, 5.41) is 78.7. The van der Waals surface area contributed by atoms with Gasteiger partial charge in [0.1, 0.15) is 18.2 Å². The number of rotatable bonds is 7. The smallest absolute Gasteiger partial charge is 0.423 e. The minimum Gasteiger partial charge on any atom is -0.423 e. The Kier molecular flexibility index (Phi) is 9.42. The molecular formula is C30H25B2N11O4. The first kappa shape index (κ1) is 32.1. The minimum absolute atomic E-state index is 0.173. The maximum absolute atomic E-state index is 9.49. The topological polar surface area (TPSA) is 237 Å². The highest BCUT2D eigenvalue weighted by molar-refractivity contribution is 6.61. The summed E-state index contributed by atoms with van der Waals surface area (Å²) in [6.45, 7) is 1.66. The summed E-state index contributed by atoms with van der Waals surface area (Å²) in [6, 6.07) is 19.7. The van der Waals surface area contributed by atoms with E-state index in [9.17, 15) is 20.1 Å². The average Bonchev–Trinajstić information content (AvgIpc) is 3.71. The summed E-state index contributed by atoms with van der Waals surface area (Å²) in [5.41, 5.74) is 6.49. The molecule has 0 aromatic carbocycles. The lowest BCUT2D eigenvalue weighted by molar-refractivity contribution is 0.424. The quantitative estimate of drug-likeness (QED) is 0.131. The van der Waals surface area contributed by atoms with Crippen molar-refractivity contribution in [1.82, 2.24) is 29.2 Å². The number of anilines is 2. The molecule has 0 aliphatic heterocycles. The summed E-state index contributed by atoms with van der Waals surface area (Å²) in [7, 11) is -1.61. The molecule has 0 fully saturated rings. The Morgan fingerprint density at radius 1 is 0.702 bits per heavy atom. The maximum atomic E-state index is 9.49. The van der Waals surface area contributed by atoms with Gasteiger partial charge in [0.25, 0.3) is 0 Å². The molecule has 1 atom stereocenters. The zero-order valence-electron chi connectivity index (χ0n) is 25.0. The lowest BCUT2D eigenvalue weighted by Gasteiger charge is -2.14. The molecular weight excluding hydrogens is 600 g/mol. The van der Waals surface area contributed by atoms with E-state index in [1.165, 1.54) is 24.8 Å². The van der Waals surface area contributed by atoms with Gasteiger partial charge in [-0.2, -0.15) is 26.0 Å². The van der Waals surface area contributed by atoms with E-state index in [2.05, 4.69) is 30.8 Å². The fraction of sp³-hybridized carbons (Fsp3) is 0.100. The van der Waals surface area contributed by atoms with Crippen molar-refractivity contribution in [3.05, 3.63) is 84.4 Å². The highest BCUT2D eigenvalue weighted by atomic mass is 16.4. The van der Waals surface area contributed by atoms with Crippen LogP contribution >= 0.6 is 0 Å². The second-order valence-corrected chi connectivity index (χ2v) is 10.1. The second-order valence-electron chi connectivity index (χ2n) is 10.1. The lowest BCUT2D eigenvalue weighted by atomic mass is 9.80. The van der Waals surface area contributed by atoms with Crippen LogP contribution in [0, 0.1) is 34.0 Å². The van der Waals surface area contributed by atoms with Crippen LogP contribution in [0.4, 0.5) is 11.4 Å². The molecule has 0 aliphatic rings. The zero-order valence-corrected chi connectivity index (χ0v) is 25.0. The molecule has 0 aliphatic carbocycles. The van der Waals surface area contributed by atoms with Gasteiger partial charge in [0.2, 0.25) is 0 Å². The van der Waals surface area contributed by atoms with Crippen molar-refractivity contribution in [3.8, 4) is 41.0 Å². The molecule has 0 bridgehead atoms. The SMILES string of the molecule is CNc1cc(-c2ccc3cc(C#N)cnn23)ncc1B(O)O.C[C@H](C#N)Nc1cc(-c2ccc3cc(C#N)cnn23)ncc1B(O)O. The van der Waals surface area contributed by atoms with Crippen LogP contribution in [-0.4, -0.2) is 76.6 Å². The number of nitrogens with one attached hydrogen (secondary N) is 2. The Balaban J connectivity index is 0.000000186. The third-order valence-electron chi connectivity index (χ3n) is 7.04. The van der Waals surface area contributed by atoms with E-state index < -0.39 is 20.3 Å². The molecule has 0 spiro atoms. The monoisotopic (exact) mass is 625 g/mol. The van der Waals surface area contributed by atoms with Crippen molar-refractivity contribution in [1.29, 1.82) is 15.8 Å². The predicted octanol–water partition coefficient (Wildman–Crippen LogP) is 0.261. The second kappa shape index (κ2) is 13.8. The van der Waals surface area contributed by atoms with Gasteiger partial charge in [-0.25, -0.2) is 9.03 Å². The molecule has 0 radical (unpaired) electrons. The summed E-state index contributed by atoms with van der Waals surface area (Å²) < 4.78 is 3.31. The Morgan fingerprint density at radius 2 is 1.17 bits per heavy atom. The largest absolute Gasteiger partial charge is 0.492 e. The fourth-order valence-corrected chi connectivity index (χ4v) is 4.74. The van der Waals surface area contributed by atoms with E-state index in [1.807, 2.05) is 36.4 Å². The molecule has 47 heavy (non-hydrogen) atoms. The molecule has 6 aromatic rings. The number of aromatic nitrogens is 6. The van der Waals surface area contributed by atoms with Crippen molar-refractivity contribution >= 4 is 47.6 Å². The first-order chi connectivity index (χ1) is 22.7. The Morgan fingerprint density at radius 3 is 1.60 bits per heavy atom. The summed E-state index contributed by atoms with van der Waals surface area (Å²) in [5.74, 6) is 0. The molecule has 15 nitrogen and oxygen atoms in total. The van der Waals surface area contributed by atoms with Crippen molar-refractivity contribution in [2.24, 2.45) is 0 Å². The van der Waals surface area contributed by atoms with Gasteiger partial charge in [-0.1, -0.05) is 0 Å². The van der Waals surface area contributed by atoms with Crippen molar-refractivity contribution < 1.29 is 20.1 Å². The lowest BCUT2D eigenvalue weighted by Crippen LogP contribution is -2.34. The van der Waals surface area contributed by atoms with Crippen LogP contribution in [0.25, 0.3) is 33.8 Å². The Bertz CT molecular complexity index is 2210. The number of hydrogen-bond donors (Lipinski definition) is 6. The highest BCUT2D eigenvalue weighted by Crippen LogP contribution is 2.24. The number of fused-ring (bicyclic) bond motifs is 2.